The van der Waals surface area contributed by atoms with Crippen molar-refractivity contribution in [1.29, 1.82) is 0 Å². The standard InChI is InChI=1S/C20H19N7OS2.ClH/c1-10-6-12(2-4-21-10)28-20-27-19-18(30-20)26-17(29-19)16-15-13(3-5-22-15)14(9-23-16)11-7-24-25-8-11;/h3,5,7-10,12,21-22H,2,4,6H2,1H3,(H,24,25);1H/t10-,12+;/m0./s1. The first-order valence-corrected chi connectivity index (χ1v) is 11.5. The van der Waals surface area contributed by atoms with Gasteiger partial charge in [0.2, 0.25) is 0 Å². The highest BCUT2D eigenvalue weighted by atomic mass is 35.5. The summed E-state index contributed by atoms with van der Waals surface area (Å²) in [5.41, 5.74) is 3.85. The molecule has 0 aliphatic carbocycles. The average Bonchev–Trinajstić information content (AvgIpc) is 3.50. The third kappa shape index (κ3) is 3.69. The molecule has 3 N–H and O–H groups in total. The Morgan fingerprint density at radius 3 is 2.87 bits per heavy atom. The van der Waals surface area contributed by atoms with Crippen LogP contribution in [0.2, 0.25) is 0 Å². The SMILES string of the molecule is C[C@H]1C[C@H](Oc2nc3sc(-c4ncc(-c5cn[nH]c5)c5cc[nH]c45)nc3s2)CCN1.Cl. The number of nitrogens with zero attached hydrogens (tertiary/aromatic N) is 4. The molecule has 1 saturated heterocycles. The van der Waals surface area contributed by atoms with E-state index in [-0.39, 0.29) is 18.5 Å². The first kappa shape index (κ1) is 20.4. The zero-order valence-electron chi connectivity index (χ0n) is 16.6. The van der Waals surface area contributed by atoms with Crippen LogP contribution in [0.1, 0.15) is 19.8 Å². The minimum Gasteiger partial charge on any atom is -0.467 e. The number of fused-ring (bicyclic) bond motifs is 2. The highest BCUT2D eigenvalue weighted by Crippen LogP contribution is 2.39. The summed E-state index contributed by atoms with van der Waals surface area (Å²) in [7, 11) is 0. The lowest BCUT2D eigenvalue weighted by atomic mass is 10.0. The van der Waals surface area contributed by atoms with Gasteiger partial charge in [-0.2, -0.15) is 10.1 Å². The molecule has 8 nitrogen and oxygen atoms in total. The maximum Gasteiger partial charge on any atom is 0.276 e. The van der Waals surface area contributed by atoms with E-state index >= 15 is 0 Å². The molecule has 0 amide bonds. The second-order valence-corrected chi connectivity index (χ2v) is 9.42. The van der Waals surface area contributed by atoms with Crippen LogP contribution in [0.4, 0.5) is 0 Å². The molecule has 1 fully saturated rings. The van der Waals surface area contributed by atoms with Gasteiger partial charge in [-0.3, -0.25) is 10.1 Å². The van der Waals surface area contributed by atoms with Crippen LogP contribution in [-0.2, 0) is 0 Å². The summed E-state index contributed by atoms with van der Waals surface area (Å²) in [6, 6.07) is 2.54. The van der Waals surface area contributed by atoms with E-state index in [1.54, 1.807) is 17.5 Å². The Labute approximate surface area is 191 Å². The van der Waals surface area contributed by atoms with E-state index in [4.69, 9.17) is 14.7 Å². The van der Waals surface area contributed by atoms with Crippen molar-refractivity contribution in [2.24, 2.45) is 0 Å². The van der Waals surface area contributed by atoms with Crippen LogP contribution in [-0.4, -0.2) is 48.8 Å². The third-order valence-electron chi connectivity index (χ3n) is 5.41. The van der Waals surface area contributed by atoms with Crippen molar-refractivity contribution in [3.05, 3.63) is 30.9 Å². The van der Waals surface area contributed by atoms with Crippen molar-refractivity contribution in [1.82, 2.24) is 35.5 Å². The highest BCUT2D eigenvalue weighted by Gasteiger charge is 2.22. The van der Waals surface area contributed by atoms with E-state index in [9.17, 15) is 0 Å². The van der Waals surface area contributed by atoms with E-state index < -0.39 is 0 Å². The number of H-pyrrole nitrogens is 2. The van der Waals surface area contributed by atoms with Gasteiger partial charge in [0.05, 0.1) is 11.7 Å². The topological polar surface area (TPSA) is 104 Å². The number of hydrogen-bond acceptors (Lipinski definition) is 8. The monoisotopic (exact) mass is 473 g/mol. The molecule has 1 aliphatic rings. The normalized spacial score (nSPS) is 19.0. The van der Waals surface area contributed by atoms with Gasteiger partial charge in [-0.1, -0.05) is 22.7 Å². The van der Waals surface area contributed by atoms with E-state index in [0.717, 1.165) is 61.8 Å². The molecule has 0 radical (unpaired) electrons. The van der Waals surface area contributed by atoms with Crippen LogP contribution >= 0.6 is 35.1 Å². The van der Waals surface area contributed by atoms with Crippen LogP contribution in [0.3, 0.4) is 0 Å². The first-order chi connectivity index (χ1) is 14.7. The van der Waals surface area contributed by atoms with Crippen molar-refractivity contribution in [3.8, 4) is 27.0 Å². The van der Waals surface area contributed by atoms with Gasteiger partial charge in [-0.15, -0.1) is 12.4 Å². The summed E-state index contributed by atoms with van der Waals surface area (Å²) in [5, 5.41) is 13.0. The lowest BCUT2D eigenvalue weighted by Crippen LogP contribution is -2.40. The molecule has 5 aromatic heterocycles. The molecular weight excluding hydrogens is 454 g/mol. The lowest BCUT2D eigenvalue weighted by Gasteiger charge is -2.27. The summed E-state index contributed by atoms with van der Waals surface area (Å²) in [5.74, 6) is 0. The Bertz CT molecular complexity index is 1290. The molecule has 6 rings (SSSR count). The quantitative estimate of drug-likeness (QED) is 0.351. The number of aromatic nitrogens is 6. The fraction of sp³-hybridized carbons (Fsp3) is 0.300. The van der Waals surface area contributed by atoms with Gasteiger partial charge in [-0.05, 0) is 32.4 Å². The molecule has 0 saturated carbocycles. The Kier molecular flexibility index (Phi) is 5.39. The van der Waals surface area contributed by atoms with Gasteiger partial charge in [0.25, 0.3) is 5.19 Å². The average molecular weight is 474 g/mol. The Morgan fingerprint density at radius 2 is 2.06 bits per heavy atom. The van der Waals surface area contributed by atoms with Gasteiger partial charge < -0.3 is 15.0 Å². The first-order valence-electron chi connectivity index (χ1n) is 9.87. The number of hydrogen-bond donors (Lipinski definition) is 3. The fourth-order valence-corrected chi connectivity index (χ4v) is 5.91. The second kappa shape index (κ2) is 8.19. The maximum absolute atomic E-state index is 6.13. The molecule has 160 valence electrons. The summed E-state index contributed by atoms with van der Waals surface area (Å²) in [6.07, 6.45) is 9.72. The molecule has 6 heterocycles. The molecule has 0 unspecified atom stereocenters. The van der Waals surface area contributed by atoms with Crippen molar-refractivity contribution in [2.75, 3.05) is 6.54 Å². The van der Waals surface area contributed by atoms with Crippen LogP contribution in [0.25, 0.3) is 42.4 Å². The second-order valence-electron chi connectivity index (χ2n) is 7.50. The van der Waals surface area contributed by atoms with Crippen LogP contribution in [0.5, 0.6) is 5.19 Å². The number of halogens is 1. The van der Waals surface area contributed by atoms with Gasteiger partial charge >= 0.3 is 0 Å². The number of nitrogens with one attached hydrogen (secondary N) is 3. The van der Waals surface area contributed by atoms with E-state index in [2.05, 4.69) is 38.5 Å². The molecule has 31 heavy (non-hydrogen) atoms. The van der Waals surface area contributed by atoms with Crippen molar-refractivity contribution >= 4 is 55.6 Å². The minimum absolute atomic E-state index is 0. The number of pyridine rings is 1. The Hall–Kier alpha value is -2.53. The molecular formula is C20H20ClN7OS2. The van der Waals surface area contributed by atoms with Crippen molar-refractivity contribution in [3.63, 3.8) is 0 Å². The fourth-order valence-electron chi connectivity index (χ4n) is 3.95. The zero-order valence-corrected chi connectivity index (χ0v) is 19.0. The molecule has 1 aliphatic heterocycles. The smallest absolute Gasteiger partial charge is 0.276 e. The maximum atomic E-state index is 6.13. The lowest BCUT2D eigenvalue weighted by molar-refractivity contribution is 0.144. The van der Waals surface area contributed by atoms with Gasteiger partial charge in [0.15, 0.2) is 9.66 Å². The molecule has 2 atom stereocenters. The van der Waals surface area contributed by atoms with Crippen LogP contribution in [0, 0.1) is 0 Å². The van der Waals surface area contributed by atoms with E-state index in [0.29, 0.717) is 11.2 Å². The third-order valence-corrected chi connectivity index (χ3v) is 7.33. The Morgan fingerprint density at radius 1 is 1.16 bits per heavy atom. The largest absolute Gasteiger partial charge is 0.467 e. The van der Waals surface area contributed by atoms with Gasteiger partial charge in [-0.25, -0.2) is 4.98 Å². The predicted octanol–water partition coefficient (Wildman–Crippen LogP) is 4.63. The van der Waals surface area contributed by atoms with Crippen LogP contribution in [0.15, 0.2) is 30.9 Å². The number of ether oxygens (including phenoxy) is 1. The summed E-state index contributed by atoms with van der Waals surface area (Å²) in [6.45, 7) is 3.18. The van der Waals surface area contributed by atoms with Gasteiger partial charge in [0, 0.05) is 41.1 Å². The van der Waals surface area contributed by atoms with Crippen molar-refractivity contribution < 1.29 is 4.74 Å². The summed E-state index contributed by atoms with van der Waals surface area (Å²) >= 11 is 3.06. The number of piperidine rings is 1. The number of aromatic amines is 2. The molecule has 5 aromatic rings. The predicted molar refractivity (Wildman–Crippen MR) is 126 cm³/mol. The summed E-state index contributed by atoms with van der Waals surface area (Å²) in [4.78, 5) is 19.3. The molecule has 11 heteroatoms. The number of rotatable bonds is 4. The highest BCUT2D eigenvalue weighted by molar-refractivity contribution is 7.28. The van der Waals surface area contributed by atoms with Crippen LogP contribution < -0.4 is 10.1 Å². The number of thiazole rings is 2. The molecule has 0 aromatic carbocycles. The summed E-state index contributed by atoms with van der Waals surface area (Å²) < 4.78 is 6.13. The van der Waals surface area contributed by atoms with Gasteiger partial charge in [0.1, 0.15) is 16.8 Å². The molecule has 0 spiro atoms. The zero-order chi connectivity index (χ0) is 20.1. The van der Waals surface area contributed by atoms with E-state index in [1.807, 2.05) is 18.6 Å². The van der Waals surface area contributed by atoms with Crippen molar-refractivity contribution in [2.45, 2.75) is 31.9 Å². The Balaban J connectivity index is 0.00000204. The molecule has 0 bridgehead atoms. The minimum atomic E-state index is 0. The van der Waals surface area contributed by atoms with E-state index in [1.165, 1.54) is 11.3 Å².